The number of H-pyrrole nitrogens is 1. The molecule has 1 heterocycles. The summed E-state index contributed by atoms with van der Waals surface area (Å²) in [5, 5.41) is 10.4. The summed E-state index contributed by atoms with van der Waals surface area (Å²) in [5.74, 6) is 0.575. The van der Waals surface area contributed by atoms with E-state index in [0.29, 0.717) is 18.8 Å². The quantitative estimate of drug-likeness (QED) is 0.758. The van der Waals surface area contributed by atoms with E-state index in [2.05, 4.69) is 16.6 Å². The van der Waals surface area contributed by atoms with Crippen LogP contribution in [0.2, 0.25) is 0 Å². The van der Waals surface area contributed by atoms with E-state index < -0.39 is 15.6 Å². The van der Waals surface area contributed by atoms with Gasteiger partial charge in [0.1, 0.15) is 0 Å². The van der Waals surface area contributed by atoms with Crippen molar-refractivity contribution < 1.29 is 13.5 Å². The molecule has 0 bridgehead atoms. The molecule has 0 unspecified atom stereocenters. The first-order valence-electron chi connectivity index (χ1n) is 6.72. The third-order valence-corrected chi connectivity index (χ3v) is 5.26. The van der Waals surface area contributed by atoms with Gasteiger partial charge in [0.25, 0.3) is 0 Å². The van der Waals surface area contributed by atoms with Gasteiger partial charge in [-0.3, -0.25) is 4.79 Å². The number of nitrogens with one attached hydrogen (secondary N) is 2. The van der Waals surface area contributed by atoms with Crippen LogP contribution in [0, 0.1) is 5.92 Å². The van der Waals surface area contributed by atoms with Gasteiger partial charge >= 0.3 is 0 Å². The monoisotopic (exact) mass is 300 g/mol. The third-order valence-electron chi connectivity index (χ3n) is 3.86. The second kappa shape index (κ2) is 5.67. The number of sulfonamides is 1. The molecule has 112 valence electrons. The highest BCUT2D eigenvalue weighted by Gasteiger charge is 2.33. The molecule has 0 aromatic carbocycles. The first-order valence-corrected chi connectivity index (χ1v) is 8.20. The summed E-state index contributed by atoms with van der Waals surface area (Å²) >= 11 is 0. The predicted molar refractivity (Wildman–Crippen MR) is 74.8 cm³/mol. The second-order valence-corrected chi connectivity index (χ2v) is 7.39. The Morgan fingerprint density at radius 1 is 1.40 bits per heavy atom. The van der Waals surface area contributed by atoms with E-state index in [4.69, 9.17) is 0 Å². The molecule has 3 N–H and O–H groups in total. The van der Waals surface area contributed by atoms with Crippen molar-refractivity contribution in [2.24, 2.45) is 5.92 Å². The van der Waals surface area contributed by atoms with Crippen LogP contribution in [-0.2, 0) is 10.0 Å². The lowest BCUT2D eigenvalue weighted by Gasteiger charge is -2.34. The average Bonchev–Trinajstić information content (AvgIpc) is 2.41. The van der Waals surface area contributed by atoms with Crippen LogP contribution in [0.4, 0.5) is 0 Å². The Labute approximate surface area is 118 Å². The van der Waals surface area contributed by atoms with Gasteiger partial charge in [-0.15, -0.1) is 0 Å². The van der Waals surface area contributed by atoms with E-state index in [-0.39, 0.29) is 17.0 Å². The smallest absolute Gasteiger partial charge is 0.247 e. The fourth-order valence-corrected chi connectivity index (χ4v) is 3.44. The van der Waals surface area contributed by atoms with Crippen LogP contribution in [0.15, 0.2) is 28.0 Å². The Hall–Kier alpha value is -1.18. The van der Waals surface area contributed by atoms with Crippen molar-refractivity contribution in [1.29, 1.82) is 0 Å². The highest BCUT2D eigenvalue weighted by molar-refractivity contribution is 7.89. The molecule has 1 aromatic heterocycles. The molecule has 1 aliphatic carbocycles. The molecule has 0 atom stereocenters. The van der Waals surface area contributed by atoms with E-state index in [1.807, 2.05) is 0 Å². The molecule has 1 aliphatic rings. The molecule has 0 saturated heterocycles. The number of rotatable bonds is 4. The summed E-state index contributed by atoms with van der Waals surface area (Å²) in [6.45, 7) is 2.13. The summed E-state index contributed by atoms with van der Waals surface area (Å²) in [4.78, 5) is 13.2. The van der Waals surface area contributed by atoms with Gasteiger partial charge in [0.05, 0.1) is 10.5 Å². The summed E-state index contributed by atoms with van der Waals surface area (Å²) in [6.07, 6.45) is 4.15. The number of aromatic nitrogens is 1. The normalized spacial score (nSPS) is 27.4. The average molecular weight is 300 g/mol. The Bertz CT molecular complexity index is 595. The van der Waals surface area contributed by atoms with Crippen LogP contribution in [0.5, 0.6) is 0 Å². The zero-order chi connectivity index (χ0) is 14.8. The molecule has 20 heavy (non-hydrogen) atoms. The Kier molecular flexibility index (Phi) is 4.31. The van der Waals surface area contributed by atoms with E-state index in [9.17, 15) is 18.3 Å². The van der Waals surface area contributed by atoms with Gasteiger partial charge in [0.15, 0.2) is 0 Å². The lowest BCUT2D eigenvalue weighted by molar-refractivity contribution is -0.00182. The molecule has 2 rings (SSSR count). The Morgan fingerprint density at radius 2 is 2.05 bits per heavy atom. The van der Waals surface area contributed by atoms with Crippen LogP contribution in [0.1, 0.15) is 32.6 Å². The van der Waals surface area contributed by atoms with Crippen LogP contribution in [0.25, 0.3) is 0 Å². The number of pyridine rings is 1. The molecule has 0 amide bonds. The van der Waals surface area contributed by atoms with Crippen molar-refractivity contribution in [2.45, 2.75) is 43.1 Å². The van der Waals surface area contributed by atoms with Crippen LogP contribution in [-0.4, -0.2) is 30.7 Å². The Balaban J connectivity index is 2.02. The van der Waals surface area contributed by atoms with Gasteiger partial charge in [0.2, 0.25) is 15.6 Å². The lowest BCUT2D eigenvalue weighted by atomic mass is 9.80. The van der Waals surface area contributed by atoms with E-state index in [1.165, 1.54) is 6.07 Å². The van der Waals surface area contributed by atoms with Gasteiger partial charge in [-0.25, -0.2) is 13.1 Å². The van der Waals surface area contributed by atoms with Gasteiger partial charge in [-0.2, -0.15) is 0 Å². The lowest BCUT2D eigenvalue weighted by Crippen LogP contribution is -2.45. The van der Waals surface area contributed by atoms with E-state index >= 15 is 0 Å². The molecule has 7 heteroatoms. The predicted octanol–water partition coefficient (Wildman–Crippen LogP) is 0.594. The summed E-state index contributed by atoms with van der Waals surface area (Å²) in [7, 11) is -3.71. The standard InChI is InChI=1S/C13H20N2O4S/c1-10-4-6-13(17,7-5-10)9-15-20(18,19)11-2-3-12(16)14-8-11/h2-3,8,10,15,17H,4-7,9H2,1H3,(H,14,16). The van der Waals surface area contributed by atoms with Crippen molar-refractivity contribution in [3.05, 3.63) is 28.7 Å². The number of aromatic amines is 1. The van der Waals surface area contributed by atoms with Crippen molar-refractivity contribution in [1.82, 2.24) is 9.71 Å². The van der Waals surface area contributed by atoms with Crippen molar-refractivity contribution in [3.63, 3.8) is 0 Å². The SMILES string of the molecule is CC1CCC(O)(CNS(=O)(=O)c2ccc(=O)[nH]c2)CC1. The fraction of sp³-hybridized carbons (Fsp3) is 0.615. The highest BCUT2D eigenvalue weighted by atomic mass is 32.2. The van der Waals surface area contributed by atoms with Crippen LogP contribution in [0.3, 0.4) is 0 Å². The van der Waals surface area contributed by atoms with Crippen molar-refractivity contribution >= 4 is 10.0 Å². The topological polar surface area (TPSA) is 99.3 Å². The molecule has 0 radical (unpaired) electrons. The third kappa shape index (κ3) is 3.68. The van der Waals surface area contributed by atoms with E-state index in [0.717, 1.165) is 25.1 Å². The van der Waals surface area contributed by atoms with Gasteiger partial charge in [-0.05, 0) is 37.7 Å². The Morgan fingerprint density at radius 3 is 2.60 bits per heavy atom. The molecular weight excluding hydrogens is 280 g/mol. The summed E-state index contributed by atoms with van der Waals surface area (Å²) in [5.41, 5.74) is -1.33. The fourth-order valence-electron chi connectivity index (χ4n) is 2.35. The maximum Gasteiger partial charge on any atom is 0.247 e. The molecule has 1 saturated carbocycles. The van der Waals surface area contributed by atoms with Gasteiger partial charge < -0.3 is 10.1 Å². The first kappa shape index (κ1) is 15.2. The van der Waals surface area contributed by atoms with Gasteiger partial charge in [-0.1, -0.05) is 6.92 Å². The van der Waals surface area contributed by atoms with Gasteiger partial charge in [0, 0.05) is 18.8 Å². The first-order chi connectivity index (χ1) is 9.31. The molecule has 1 aromatic rings. The van der Waals surface area contributed by atoms with Crippen molar-refractivity contribution in [3.8, 4) is 0 Å². The molecule has 0 spiro atoms. The maximum atomic E-state index is 12.0. The second-order valence-electron chi connectivity index (χ2n) is 5.62. The van der Waals surface area contributed by atoms with Crippen LogP contribution >= 0.6 is 0 Å². The zero-order valence-electron chi connectivity index (χ0n) is 11.4. The molecule has 1 fully saturated rings. The molecule has 0 aliphatic heterocycles. The largest absolute Gasteiger partial charge is 0.389 e. The minimum absolute atomic E-state index is 0.00117. The minimum atomic E-state index is -3.71. The number of hydrogen-bond acceptors (Lipinski definition) is 4. The molecular formula is C13H20N2O4S. The maximum absolute atomic E-state index is 12.0. The molecule has 6 nitrogen and oxygen atoms in total. The minimum Gasteiger partial charge on any atom is -0.389 e. The zero-order valence-corrected chi connectivity index (χ0v) is 12.2. The summed E-state index contributed by atoms with van der Waals surface area (Å²) in [6, 6.07) is 2.40. The highest BCUT2D eigenvalue weighted by Crippen LogP contribution is 2.31. The summed E-state index contributed by atoms with van der Waals surface area (Å²) < 4.78 is 26.5. The number of hydrogen-bond donors (Lipinski definition) is 3. The number of aliphatic hydroxyl groups is 1. The van der Waals surface area contributed by atoms with Crippen molar-refractivity contribution in [2.75, 3.05) is 6.54 Å². The van der Waals surface area contributed by atoms with Crippen LogP contribution < -0.4 is 10.3 Å². The van der Waals surface area contributed by atoms with E-state index in [1.54, 1.807) is 0 Å².